The molecule has 0 aromatic rings. The molecule has 0 aliphatic heterocycles. The van der Waals surface area contributed by atoms with Gasteiger partial charge in [-0.2, -0.15) is 5.26 Å². The minimum atomic E-state index is -0.194. The van der Waals surface area contributed by atoms with Crippen LogP contribution in [0.25, 0.3) is 0 Å². The first-order chi connectivity index (χ1) is 3.85. The first kappa shape index (κ1) is 7.45. The van der Waals surface area contributed by atoms with Crippen LogP contribution in [0.15, 0.2) is 0 Å². The van der Waals surface area contributed by atoms with Gasteiger partial charge in [-0.3, -0.25) is 0 Å². The SMILES string of the molecule is CCOC(C#N)CC. The highest BCUT2D eigenvalue weighted by Gasteiger charge is 1.99. The number of hydrogen-bond donors (Lipinski definition) is 0. The highest BCUT2D eigenvalue weighted by atomic mass is 16.5. The Morgan fingerprint density at radius 2 is 2.25 bits per heavy atom. The highest BCUT2D eigenvalue weighted by Crippen LogP contribution is 1.93. The van der Waals surface area contributed by atoms with Gasteiger partial charge in [0.2, 0.25) is 0 Å². The molecule has 1 atom stereocenters. The Hall–Kier alpha value is -0.550. The zero-order chi connectivity index (χ0) is 6.41. The van der Waals surface area contributed by atoms with E-state index < -0.39 is 0 Å². The molecule has 0 saturated heterocycles. The van der Waals surface area contributed by atoms with E-state index in [9.17, 15) is 0 Å². The zero-order valence-electron chi connectivity index (χ0n) is 5.35. The molecule has 46 valence electrons. The minimum Gasteiger partial charge on any atom is -0.364 e. The molecule has 0 aromatic heterocycles. The first-order valence-electron chi connectivity index (χ1n) is 2.86. The van der Waals surface area contributed by atoms with E-state index in [1.807, 2.05) is 19.9 Å². The maximum absolute atomic E-state index is 8.28. The monoisotopic (exact) mass is 113 g/mol. The Bertz CT molecular complexity index is 85.0. The molecule has 8 heavy (non-hydrogen) atoms. The summed E-state index contributed by atoms with van der Waals surface area (Å²) in [5, 5.41) is 8.28. The van der Waals surface area contributed by atoms with E-state index >= 15 is 0 Å². The van der Waals surface area contributed by atoms with E-state index in [4.69, 9.17) is 10.00 Å². The van der Waals surface area contributed by atoms with Crippen LogP contribution >= 0.6 is 0 Å². The average molecular weight is 113 g/mol. The molecule has 0 spiro atoms. The molecular formula is C6H11NO. The van der Waals surface area contributed by atoms with Crippen LogP contribution in [0.5, 0.6) is 0 Å². The van der Waals surface area contributed by atoms with Crippen LogP contribution in [0.1, 0.15) is 20.3 Å². The summed E-state index contributed by atoms with van der Waals surface area (Å²) in [5.41, 5.74) is 0. The number of rotatable bonds is 3. The molecule has 0 saturated carbocycles. The predicted octanol–water partition coefficient (Wildman–Crippen LogP) is 1.33. The molecule has 0 aromatic carbocycles. The van der Waals surface area contributed by atoms with Crippen molar-refractivity contribution in [1.82, 2.24) is 0 Å². The van der Waals surface area contributed by atoms with Crippen LogP contribution in [0.3, 0.4) is 0 Å². The smallest absolute Gasteiger partial charge is 0.143 e. The lowest BCUT2D eigenvalue weighted by Crippen LogP contribution is -2.07. The van der Waals surface area contributed by atoms with Gasteiger partial charge in [-0.05, 0) is 13.3 Å². The molecule has 0 fully saturated rings. The minimum absolute atomic E-state index is 0.194. The fraction of sp³-hybridized carbons (Fsp3) is 0.833. The number of nitrogens with zero attached hydrogens (tertiary/aromatic N) is 1. The molecule has 0 rings (SSSR count). The summed E-state index contributed by atoms with van der Waals surface area (Å²) in [6, 6.07) is 2.03. The van der Waals surface area contributed by atoms with Crippen molar-refractivity contribution in [2.45, 2.75) is 26.4 Å². The van der Waals surface area contributed by atoms with Gasteiger partial charge in [-0.1, -0.05) is 6.92 Å². The van der Waals surface area contributed by atoms with Crippen molar-refractivity contribution < 1.29 is 4.74 Å². The molecule has 2 heteroatoms. The molecule has 1 unspecified atom stereocenters. The number of ether oxygens (including phenoxy) is 1. The van der Waals surface area contributed by atoms with Crippen molar-refractivity contribution in [1.29, 1.82) is 5.26 Å². The third-order valence-corrected chi connectivity index (χ3v) is 0.883. The van der Waals surface area contributed by atoms with Gasteiger partial charge in [-0.25, -0.2) is 0 Å². The lowest BCUT2D eigenvalue weighted by atomic mass is 10.3. The summed E-state index contributed by atoms with van der Waals surface area (Å²) in [5.74, 6) is 0. The van der Waals surface area contributed by atoms with E-state index in [-0.39, 0.29) is 6.10 Å². The Balaban J connectivity index is 3.26. The second kappa shape index (κ2) is 4.61. The van der Waals surface area contributed by atoms with Gasteiger partial charge < -0.3 is 4.74 Å². The van der Waals surface area contributed by atoms with Crippen LogP contribution in [-0.2, 0) is 4.74 Å². The maximum atomic E-state index is 8.28. The van der Waals surface area contributed by atoms with Crippen LogP contribution in [0.4, 0.5) is 0 Å². The summed E-state index contributed by atoms with van der Waals surface area (Å²) in [7, 11) is 0. The quantitative estimate of drug-likeness (QED) is 0.553. The van der Waals surface area contributed by atoms with Crippen molar-refractivity contribution in [3.8, 4) is 6.07 Å². The van der Waals surface area contributed by atoms with Gasteiger partial charge in [0.25, 0.3) is 0 Å². The van der Waals surface area contributed by atoms with E-state index in [0.717, 1.165) is 6.42 Å². The lowest BCUT2D eigenvalue weighted by Gasteiger charge is -2.02. The Morgan fingerprint density at radius 3 is 2.38 bits per heavy atom. The van der Waals surface area contributed by atoms with Crippen molar-refractivity contribution >= 4 is 0 Å². The lowest BCUT2D eigenvalue weighted by molar-refractivity contribution is 0.0989. The maximum Gasteiger partial charge on any atom is 0.143 e. The topological polar surface area (TPSA) is 33.0 Å². The predicted molar refractivity (Wildman–Crippen MR) is 31.3 cm³/mol. The summed E-state index contributed by atoms with van der Waals surface area (Å²) in [4.78, 5) is 0. The molecule has 0 radical (unpaired) electrons. The van der Waals surface area contributed by atoms with Crippen molar-refractivity contribution in [2.75, 3.05) is 6.61 Å². The largest absolute Gasteiger partial charge is 0.364 e. The molecule has 0 heterocycles. The average Bonchev–Trinajstić information content (AvgIpc) is 1.83. The van der Waals surface area contributed by atoms with E-state index in [0.29, 0.717) is 6.61 Å². The van der Waals surface area contributed by atoms with Crippen LogP contribution in [-0.4, -0.2) is 12.7 Å². The van der Waals surface area contributed by atoms with Gasteiger partial charge in [-0.15, -0.1) is 0 Å². The second-order valence-electron chi connectivity index (χ2n) is 1.48. The van der Waals surface area contributed by atoms with Crippen LogP contribution in [0.2, 0.25) is 0 Å². The zero-order valence-corrected chi connectivity index (χ0v) is 5.35. The van der Waals surface area contributed by atoms with Crippen LogP contribution in [0, 0.1) is 11.3 Å². The van der Waals surface area contributed by atoms with Gasteiger partial charge >= 0.3 is 0 Å². The summed E-state index contributed by atoms with van der Waals surface area (Å²) in [6.07, 6.45) is 0.588. The van der Waals surface area contributed by atoms with Gasteiger partial charge in [0.1, 0.15) is 6.10 Å². The van der Waals surface area contributed by atoms with Gasteiger partial charge in [0, 0.05) is 6.61 Å². The number of nitriles is 1. The fourth-order valence-corrected chi connectivity index (χ4v) is 0.448. The summed E-state index contributed by atoms with van der Waals surface area (Å²) >= 11 is 0. The van der Waals surface area contributed by atoms with E-state index in [1.54, 1.807) is 0 Å². The normalized spacial score (nSPS) is 12.6. The van der Waals surface area contributed by atoms with Crippen molar-refractivity contribution in [2.24, 2.45) is 0 Å². The molecule has 0 N–H and O–H groups in total. The Kier molecular flexibility index (Phi) is 4.29. The molecule has 0 bridgehead atoms. The highest BCUT2D eigenvalue weighted by molar-refractivity contribution is 4.81. The fourth-order valence-electron chi connectivity index (χ4n) is 0.448. The Morgan fingerprint density at radius 1 is 1.62 bits per heavy atom. The van der Waals surface area contributed by atoms with Crippen molar-refractivity contribution in [3.63, 3.8) is 0 Å². The third kappa shape index (κ3) is 2.59. The number of hydrogen-bond acceptors (Lipinski definition) is 2. The van der Waals surface area contributed by atoms with Crippen molar-refractivity contribution in [3.05, 3.63) is 0 Å². The molecule has 0 amide bonds. The van der Waals surface area contributed by atoms with E-state index in [2.05, 4.69) is 0 Å². The van der Waals surface area contributed by atoms with E-state index in [1.165, 1.54) is 0 Å². The molecular weight excluding hydrogens is 102 g/mol. The molecule has 0 aliphatic rings. The molecule has 2 nitrogen and oxygen atoms in total. The Labute approximate surface area is 50.1 Å². The van der Waals surface area contributed by atoms with Gasteiger partial charge in [0.15, 0.2) is 0 Å². The standard InChI is InChI=1S/C6H11NO/c1-3-6(5-7)8-4-2/h6H,3-4H2,1-2H3. The first-order valence-corrected chi connectivity index (χ1v) is 2.86. The summed E-state index contributed by atoms with van der Waals surface area (Å²) in [6.45, 7) is 4.45. The summed E-state index contributed by atoms with van der Waals surface area (Å²) < 4.78 is 4.98. The second-order valence-corrected chi connectivity index (χ2v) is 1.48. The molecule has 0 aliphatic carbocycles. The van der Waals surface area contributed by atoms with Crippen LogP contribution < -0.4 is 0 Å². The van der Waals surface area contributed by atoms with Gasteiger partial charge in [0.05, 0.1) is 6.07 Å². The third-order valence-electron chi connectivity index (χ3n) is 0.883.